The maximum atomic E-state index is 13.9. The summed E-state index contributed by atoms with van der Waals surface area (Å²) >= 11 is 0. The summed E-state index contributed by atoms with van der Waals surface area (Å²) in [5.74, 6) is -1.92. The van der Waals surface area contributed by atoms with Crippen molar-refractivity contribution in [3.8, 4) is 11.5 Å². The number of rotatable bonds is 3. The summed E-state index contributed by atoms with van der Waals surface area (Å²) in [6.07, 6.45) is 1.64. The van der Waals surface area contributed by atoms with Gasteiger partial charge in [-0.2, -0.15) is 0 Å². The third-order valence-corrected chi connectivity index (χ3v) is 3.02. The van der Waals surface area contributed by atoms with Gasteiger partial charge in [-0.1, -0.05) is 12.1 Å². The van der Waals surface area contributed by atoms with Crippen LogP contribution in [0.15, 0.2) is 54.7 Å². The van der Waals surface area contributed by atoms with Gasteiger partial charge in [0, 0.05) is 11.6 Å². The van der Waals surface area contributed by atoms with E-state index in [-0.39, 0.29) is 11.3 Å². The van der Waals surface area contributed by atoms with Gasteiger partial charge in [-0.25, -0.2) is 9.18 Å². The molecule has 2 aromatic carbocycles. The number of hydrogen-bond donors (Lipinski definition) is 1. The van der Waals surface area contributed by atoms with E-state index in [2.05, 4.69) is 4.98 Å². The van der Waals surface area contributed by atoms with E-state index in [4.69, 9.17) is 9.84 Å². The van der Waals surface area contributed by atoms with E-state index in [1.54, 1.807) is 36.5 Å². The van der Waals surface area contributed by atoms with Crippen LogP contribution in [-0.2, 0) is 0 Å². The number of fused-ring (bicyclic) bond motifs is 1. The molecule has 0 bridgehead atoms. The van der Waals surface area contributed by atoms with E-state index in [9.17, 15) is 9.18 Å². The molecule has 1 heterocycles. The Morgan fingerprint density at radius 2 is 1.90 bits per heavy atom. The highest BCUT2D eigenvalue weighted by atomic mass is 19.1. The lowest BCUT2D eigenvalue weighted by Gasteiger charge is -2.11. The van der Waals surface area contributed by atoms with E-state index in [1.807, 2.05) is 0 Å². The predicted molar refractivity (Wildman–Crippen MR) is 75.2 cm³/mol. The summed E-state index contributed by atoms with van der Waals surface area (Å²) in [6.45, 7) is 0. The quantitative estimate of drug-likeness (QED) is 0.792. The van der Waals surface area contributed by atoms with Crippen molar-refractivity contribution in [1.29, 1.82) is 0 Å². The lowest BCUT2D eigenvalue weighted by molar-refractivity contribution is 0.0693. The van der Waals surface area contributed by atoms with Crippen LogP contribution in [0.1, 0.15) is 10.4 Å². The zero-order chi connectivity index (χ0) is 14.8. The number of para-hydroxylation sites is 1. The number of nitrogens with zero attached hydrogens (tertiary/aromatic N) is 1. The van der Waals surface area contributed by atoms with Crippen LogP contribution in [0.3, 0.4) is 0 Å². The van der Waals surface area contributed by atoms with Gasteiger partial charge in [0.25, 0.3) is 0 Å². The molecule has 0 radical (unpaired) electrons. The van der Waals surface area contributed by atoms with Gasteiger partial charge >= 0.3 is 5.97 Å². The first-order valence-electron chi connectivity index (χ1n) is 6.20. The predicted octanol–water partition coefficient (Wildman–Crippen LogP) is 3.86. The summed E-state index contributed by atoms with van der Waals surface area (Å²) < 4.78 is 19.4. The molecule has 0 saturated heterocycles. The molecule has 0 saturated carbocycles. The Morgan fingerprint density at radius 1 is 1.10 bits per heavy atom. The summed E-state index contributed by atoms with van der Waals surface area (Å²) in [6, 6.07) is 12.4. The molecule has 4 nitrogen and oxygen atoms in total. The first-order valence-corrected chi connectivity index (χ1v) is 6.20. The number of carboxylic acid groups (broad SMARTS) is 1. The maximum Gasteiger partial charge on any atom is 0.339 e. The van der Waals surface area contributed by atoms with Crippen LogP contribution in [0, 0.1) is 5.82 Å². The van der Waals surface area contributed by atoms with Gasteiger partial charge in [0.2, 0.25) is 0 Å². The van der Waals surface area contributed by atoms with Crippen molar-refractivity contribution in [3.05, 3.63) is 66.1 Å². The second-order valence-electron chi connectivity index (χ2n) is 4.35. The van der Waals surface area contributed by atoms with Crippen LogP contribution in [0.2, 0.25) is 0 Å². The van der Waals surface area contributed by atoms with Crippen molar-refractivity contribution in [2.24, 2.45) is 0 Å². The summed E-state index contributed by atoms with van der Waals surface area (Å²) in [7, 11) is 0. The molecule has 3 aromatic rings. The summed E-state index contributed by atoms with van der Waals surface area (Å²) in [4.78, 5) is 15.3. The minimum Gasteiger partial charge on any atom is -0.478 e. The largest absolute Gasteiger partial charge is 0.478 e. The van der Waals surface area contributed by atoms with Gasteiger partial charge in [-0.15, -0.1) is 0 Å². The molecule has 0 amide bonds. The number of ether oxygens (including phenoxy) is 1. The molecule has 104 valence electrons. The highest BCUT2D eigenvalue weighted by Gasteiger charge is 2.17. The molecule has 21 heavy (non-hydrogen) atoms. The van der Waals surface area contributed by atoms with Crippen LogP contribution in [0.25, 0.3) is 10.9 Å². The topological polar surface area (TPSA) is 59.4 Å². The van der Waals surface area contributed by atoms with Crippen molar-refractivity contribution in [3.63, 3.8) is 0 Å². The van der Waals surface area contributed by atoms with Crippen LogP contribution in [0.4, 0.5) is 4.39 Å². The van der Waals surface area contributed by atoms with E-state index >= 15 is 0 Å². The number of carboxylic acids is 1. The Labute approximate surface area is 119 Å². The van der Waals surface area contributed by atoms with Gasteiger partial charge < -0.3 is 9.84 Å². The van der Waals surface area contributed by atoms with Crippen molar-refractivity contribution < 1.29 is 19.0 Å². The molecule has 0 aliphatic heterocycles. The average molecular weight is 283 g/mol. The Hall–Kier alpha value is -2.95. The van der Waals surface area contributed by atoms with Crippen molar-refractivity contribution in [1.82, 2.24) is 4.98 Å². The molecule has 3 rings (SSSR count). The third-order valence-electron chi connectivity index (χ3n) is 3.02. The molecule has 0 unspecified atom stereocenters. The normalized spacial score (nSPS) is 10.5. The van der Waals surface area contributed by atoms with Crippen molar-refractivity contribution in [2.45, 2.75) is 0 Å². The second-order valence-corrected chi connectivity index (χ2v) is 4.35. The number of pyridine rings is 1. The summed E-state index contributed by atoms with van der Waals surface area (Å²) in [5.41, 5.74) is 0.458. The molecular weight excluding hydrogens is 273 g/mol. The number of aromatic nitrogens is 1. The Balaban J connectivity index is 2.13. The van der Waals surface area contributed by atoms with Crippen molar-refractivity contribution >= 4 is 16.9 Å². The molecule has 0 spiro atoms. The molecule has 1 aromatic heterocycles. The highest BCUT2D eigenvalue weighted by Crippen LogP contribution is 2.32. The Bertz CT molecular complexity index is 827. The molecule has 5 heteroatoms. The lowest BCUT2D eigenvalue weighted by atomic mass is 10.1. The Kier molecular flexibility index (Phi) is 3.23. The van der Waals surface area contributed by atoms with Crippen LogP contribution in [-0.4, -0.2) is 16.1 Å². The molecule has 0 fully saturated rings. The number of benzene rings is 2. The van der Waals surface area contributed by atoms with Gasteiger partial charge in [0.15, 0.2) is 11.6 Å². The van der Waals surface area contributed by atoms with E-state index in [0.29, 0.717) is 16.7 Å². The van der Waals surface area contributed by atoms with Gasteiger partial charge in [0.05, 0.1) is 5.52 Å². The van der Waals surface area contributed by atoms with Gasteiger partial charge in [-0.3, -0.25) is 4.98 Å². The zero-order valence-electron chi connectivity index (χ0n) is 10.8. The number of halogens is 1. The first-order chi connectivity index (χ1) is 10.2. The summed E-state index contributed by atoms with van der Waals surface area (Å²) in [5, 5.41) is 9.80. The smallest absolute Gasteiger partial charge is 0.339 e. The van der Waals surface area contributed by atoms with Gasteiger partial charge in [0.1, 0.15) is 11.3 Å². The minimum atomic E-state index is -1.25. The maximum absolute atomic E-state index is 13.9. The molecule has 0 aliphatic carbocycles. The van der Waals surface area contributed by atoms with E-state index in [0.717, 1.165) is 6.07 Å². The number of carbonyl (C=O) groups is 1. The molecule has 0 aliphatic rings. The van der Waals surface area contributed by atoms with Crippen LogP contribution < -0.4 is 4.74 Å². The second kappa shape index (κ2) is 5.20. The van der Waals surface area contributed by atoms with Crippen LogP contribution in [0.5, 0.6) is 11.5 Å². The zero-order valence-corrected chi connectivity index (χ0v) is 10.8. The third kappa shape index (κ3) is 2.41. The fourth-order valence-electron chi connectivity index (χ4n) is 2.06. The van der Waals surface area contributed by atoms with Crippen molar-refractivity contribution in [2.75, 3.05) is 0 Å². The highest BCUT2D eigenvalue weighted by molar-refractivity contribution is 5.91. The Morgan fingerprint density at radius 3 is 2.71 bits per heavy atom. The minimum absolute atomic E-state index is 0.226. The molecule has 1 N–H and O–H groups in total. The van der Waals surface area contributed by atoms with Gasteiger partial charge in [-0.05, 0) is 36.4 Å². The lowest BCUT2D eigenvalue weighted by Crippen LogP contribution is -2.02. The first kappa shape index (κ1) is 13.1. The molecule has 0 atom stereocenters. The SMILES string of the molecule is O=C(O)c1cccc(F)c1Oc1cccc2ncccc12. The van der Waals surface area contributed by atoms with Crippen LogP contribution >= 0.6 is 0 Å². The molecular formula is C16H10FNO3. The monoisotopic (exact) mass is 283 g/mol. The number of hydrogen-bond acceptors (Lipinski definition) is 3. The standard InChI is InChI=1S/C16H10FNO3/c17-12-6-1-4-11(16(19)20)15(12)21-14-8-2-7-13-10(14)5-3-9-18-13/h1-9H,(H,19,20). The van der Waals surface area contributed by atoms with E-state index < -0.39 is 11.8 Å². The number of aromatic carboxylic acids is 1. The fraction of sp³-hybridized carbons (Fsp3) is 0. The average Bonchev–Trinajstić information content (AvgIpc) is 2.49. The fourth-order valence-corrected chi connectivity index (χ4v) is 2.06. The van der Waals surface area contributed by atoms with E-state index in [1.165, 1.54) is 12.1 Å².